The summed E-state index contributed by atoms with van der Waals surface area (Å²) in [7, 11) is 0. The summed E-state index contributed by atoms with van der Waals surface area (Å²) in [5.74, 6) is 0.703. The predicted octanol–water partition coefficient (Wildman–Crippen LogP) is 3.58. The van der Waals surface area contributed by atoms with E-state index in [-0.39, 0.29) is 4.87 Å². The molecule has 0 aromatic carbocycles. The number of piperidine rings is 1. The third kappa shape index (κ3) is 5.17. The zero-order chi connectivity index (χ0) is 19.9. The minimum absolute atomic E-state index is 0.133. The molecule has 1 unspecified atom stereocenters. The molecule has 0 amide bonds. The Bertz CT molecular complexity index is 857. The summed E-state index contributed by atoms with van der Waals surface area (Å²) >= 11 is 4.50. The van der Waals surface area contributed by atoms with E-state index in [1.807, 2.05) is 12.1 Å². The van der Waals surface area contributed by atoms with Crippen LogP contribution in [-0.2, 0) is 4.79 Å². The van der Waals surface area contributed by atoms with E-state index in [1.54, 1.807) is 10.8 Å². The zero-order valence-corrected chi connectivity index (χ0v) is 18.4. The van der Waals surface area contributed by atoms with Gasteiger partial charge in [-0.15, -0.1) is 6.58 Å². The maximum absolute atomic E-state index is 12.5. The minimum atomic E-state index is -0.554. The van der Waals surface area contributed by atoms with Gasteiger partial charge in [-0.05, 0) is 53.7 Å². The first-order valence-corrected chi connectivity index (χ1v) is 11.4. The number of fused-ring (bicyclic) bond motifs is 1. The van der Waals surface area contributed by atoms with Crippen LogP contribution in [0, 0.1) is 5.92 Å². The van der Waals surface area contributed by atoms with Crippen molar-refractivity contribution in [2.75, 3.05) is 26.2 Å². The maximum atomic E-state index is 12.5. The molecule has 28 heavy (non-hydrogen) atoms. The number of likely N-dealkylation sites (tertiary alicyclic amines) is 1. The smallest absolute Gasteiger partial charge is 0.311 e. The van der Waals surface area contributed by atoms with Crippen molar-refractivity contribution in [1.29, 1.82) is 0 Å². The van der Waals surface area contributed by atoms with Crippen LogP contribution >= 0.6 is 27.3 Å². The zero-order valence-electron chi connectivity index (χ0n) is 16.0. The number of unbranched alkanes of at least 4 members (excludes halogenated alkanes) is 1. The second-order valence-corrected chi connectivity index (χ2v) is 9.09. The van der Waals surface area contributed by atoms with Crippen molar-refractivity contribution in [3.63, 3.8) is 0 Å². The molecule has 0 bridgehead atoms. The molecule has 1 saturated heterocycles. The second-order valence-electron chi connectivity index (χ2n) is 7.23. The number of halogens is 1. The van der Waals surface area contributed by atoms with Gasteiger partial charge in [-0.3, -0.25) is 19.1 Å². The average molecular weight is 467 g/mol. The second kappa shape index (κ2) is 10.4. The first-order chi connectivity index (χ1) is 13.6. The van der Waals surface area contributed by atoms with Crippen LogP contribution in [0.5, 0.6) is 0 Å². The lowest BCUT2D eigenvalue weighted by atomic mass is 9.91. The van der Waals surface area contributed by atoms with E-state index in [4.69, 9.17) is 0 Å². The van der Waals surface area contributed by atoms with Crippen LogP contribution in [-0.4, -0.2) is 46.9 Å². The first kappa shape index (κ1) is 21.4. The van der Waals surface area contributed by atoms with Crippen LogP contribution in [0.15, 0.2) is 34.2 Å². The third-order valence-corrected chi connectivity index (χ3v) is 6.67. The van der Waals surface area contributed by atoms with E-state index in [0.29, 0.717) is 10.7 Å². The molecule has 3 heterocycles. The van der Waals surface area contributed by atoms with Crippen molar-refractivity contribution >= 4 is 43.9 Å². The molecule has 1 atom stereocenters. The number of carbonyl (C=O) groups is 1. The van der Waals surface area contributed by atoms with Gasteiger partial charge in [0.1, 0.15) is 11.0 Å². The summed E-state index contributed by atoms with van der Waals surface area (Å²) in [6, 6.07) is 1.86. The number of nitrogens with zero attached hydrogens (tertiary/aromatic N) is 3. The fourth-order valence-electron chi connectivity index (χ4n) is 3.85. The third-order valence-electron chi connectivity index (χ3n) is 5.35. The number of hydrogen-bond acceptors (Lipinski definition) is 6. The molecular formula is C20H27BrN4O2S. The highest BCUT2D eigenvalue weighted by atomic mass is 79.9. The summed E-state index contributed by atoms with van der Waals surface area (Å²) in [6.45, 7) is 7.30. The van der Waals surface area contributed by atoms with Crippen molar-refractivity contribution in [1.82, 2.24) is 19.8 Å². The van der Waals surface area contributed by atoms with E-state index >= 15 is 0 Å². The lowest BCUT2D eigenvalue weighted by Gasteiger charge is -2.35. The maximum Gasteiger partial charge on any atom is 0.311 e. The molecule has 1 N–H and O–H groups in total. The Morgan fingerprint density at radius 1 is 1.39 bits per heavy atom. The summed E-state index contributed by atoms with van der Waals surface area (Å²) < 4.78 is 2.40. The molecule has 1 aliphatic heterocycles. The number of aromatic nitrogens is 2. The summed E-state index contributed by atoms with van der Waals surface area (Å²) in [4.78, 5) is 31.4. The highest BCUT2D eigenvalue weighted by Gasteiger charge is 2.28. The van der Waals surface area contributed by atoms with Crippen molar-refractivity contribution < 1.29 is 4.79 Å². The standard InChI is InChI=1S/C20H27BrN4O2S/c1-2-8-22-9-4-3-5-15-6-10-24(11-7-15)18(14-26)25-17-12-16(21)13-23-19(17)28-20(25)27/h2,12-15,18,22H,1,3-11H2. The Labute approximate surface area is 177 Å². The number of hydrogen-bond donors (Lipinski definition) is 1. The highest BCUT2D eigenvalue weighted by Crippen LogP contribution is 2.28. The number of aldehydes is 1. The van der Waals surface area contributed by atoms with Gasteiger partial charge in [-0.1, -0.05) is 30.3 Å². The van der Waals surface area contributed by atoms with Crippen molar-refractivity contribution in [2.24, 2.45) is 5.92 Å². The van der Waals surface area contributed by atoms with Crippen molar-refractivity contribution in [3.8, 4) is 0 Å². The minimum Gasteiger partial charge on any atom is -0.313 e. The Kier molecular flexibility index (Phi) is 7.96. The number of carbonyl (C=O) groups excluding carboxylic acids is 1. The molecular weight excluding hydrogens is 440 g/mol. The molecule has 6 nitrogen and oxygen atoms in total. The van der Waals surface area contributed by atoms with E-state index in [2.05, 4.69) is 37.7 Å². The lowest BCUT2D eigenvalue weighted by Crippen LogP contribution is -2.42. The molecule has 3 rings (SSSR count). The molecule has 1 aliphatic rings. The normalized spacial score (nSPS) is 17.0. The van der Waals surface area contributed by atoms with Gasteiger partial charge in [0.05, 0.1) is 5.52 Å². The van der Waals surface area contributed by atoms with E-state index in [1.165, 1.54) is 19.3 Å². The molecule has 0 aliphatic carbocycles. The molecule has 1 fully saturated rings. The molecule has 0 saturated carbocycles. The van der Waals surface area contributed by atoms with Gasteiger partial charge in [0.2, 0.25) is 0 Å². The summed E-state index contributed by atoms with van der Waals surface area (Å²) in [6.07, 6.45) is 9.68. The Hall–Kier alpha value is -1.35. The molecule has 2 aromatic rings. The molecule has 0 spiro atoms. The fourth-order valence-corrected chi connectivity index (χ4v) is 5.01. The van der Waals surface area contributed by atoms with Gasteiger partial charge in [-0.2, -0.15) is 0 Å². The van der Waals surface area contributed by atoms with Gasteiger partial charge < -0.3 is 5.32 Å². The lowest BCUT2D eigenvalue weighted by molar-refractivity contribution is -0.116. The molecule has 0 radical (unpaired) electrons. The number of nitrogens with one attached hydrogen (secondary N) is 1. The van der Waals surface area contributed by atoms with Gasteiger partial charge in [-0.25, -0.2) is 4.98 Å². The van der Waals surface area contributed by atoms with Crippen molar-refractivity contribution in [2.45, 2.75) is 38.3 Å². The van der Waals surface area contributed by atoms with E-state index in [0.717, 1.165) is 66.6 Å². The first-order valence-electron chi connectivity index (χ1n) is 9.81. The predicted molar refractivity (Wildman–Crippen MR) is 118 cm³/mol. The van der Waals surface area contributed by atoms with E-state index in [9.17, 15) is 9.59 Å². The van der Waals surface area contributed by atoms with Crippen LogP contribution in [0.3, 0.4) is 0 Å². The molecule has 8 heteroatoms. The van der Waals surface area contributed by atoms with E-state index < -0.39 is 6.17 Å². The fraction of sp³-hybridized carbons (Fsp3) is 0.550. The van der Waals surface area contributed by atoms with Gasteiger partial charge >= 0.3 is 4.87 Å². The van der Waals surface area contributed by atoms with Gasteiger partial charge in [0, 0.05) is 30.3 Å². The highest BCUT2D eigenvalue weighted by molar-refractivity contribution is 9.10. The van der Waals surface area contributed by atoms with Gasteiger partial charge in [0.25, 0.3) is 0 Å². The molecule has 152 valence electrons. The SMILES string of the molecule is C=CCNCCCCC1CCN(C(C=O)n2c(=O)sc3ncc(Br)cc32)CC1. The Balaban J connectivity index is 1.58. The summed E-state index contributed by atoms with van der Waals surface area (Å²) in [5, 5.41) is 3.34. The number of rotatable bonds is 10. The van der Waals surface area contributed by atoms with Gasteiger partial charge in [0.15, 0.2) is 6.29 Å². The average Bonchev–Trinajstić information content (AvgIpc) is 3.02. The monoisotopic (exact) mass is 466 g/mol. The quantitative estimate of drug-likeness (QED) is 0.329. The Morgan fingerprint density at radius 2 is 2.18 bits per heavy atom. The van der Waals surface area contributed by atoms with Crippen LogP contribution in [0.2, 0.25) is 0 Å². The largest absolute Gasteiger partial charge is 0.313 e. The van der Waals surface area contributed by atoms with Crippen LogP contribution in [0.25, 0.3) is 10.3 Å². The number of pyridine rings is 1. The van der Waals surface area contributed by atoms with Crippen LogP contribution < -0.4 is 10.2 Å². The van der Waals surface area contributed by atoms with Crippen LogP contribution in [0.4, 0.5) is 0 Å². The summed E-state index contributed by atoms with van der Waals surface area (Å²) in [5.41, 5.74) is 0.718. The topological polar surface area (TPSA) is 67.2 Å². The van der Waals surface area contributed by atoms with Crippen LogP contribution in [0.1, 0.15) is 38.3 Å². The number of thiazole rings is 1. The Morgan fingerprint density at radius 3 is 2.89 bits per heavy atom. The van der Waals surface area contributed by atoms with Crippen molar-refractivity contribution in [3.05, 3.63) is 39.1 Å². The molecule has 2 aromatic heterocycles.